The third kappa shape index (κ3) is 2.73. The number of methoxy groups -OCH3 is 1. The molecule has 0 unspecified atom stereocenters. The van der Waals surface area contributed by atoms with Crippen molar-refractivity contribution in [2.75, 3.05) is 7.11 Å². The minimum absolute atomic E-state index is 0.694. The molecule has 0 aliphatic heterocycles. The Morgan fingerprint density at radius 3 is 2.31 bits per heavy atom. The van der Waals surface area contributed by atoms with Crippen molar-refractivity contribution in [3.05, 3.63) is 47.2 Å². The SMILES string of the molecule is COc1ccc(Oc2cncc(Br)c2)cc1. The Morgan fingerprint density at radius 2 is 1.69 bits per heavy atom. The summed E-state index contributed by atoms with van der Waals surface area (Å²) in [6.45, 7) is 0. The predicted octanol–water partition coefficient (Wildman–Crippen LogP) is 3.65. The molecule has 2 aromatic rings. The molecule has 0 aliphatic carbocycles. The predicted molar refractivity (Wildman–Crippen MR) is 65.0 cm³/mol. The van der Waals surface area contributed by atoms with E-state index in [1.807, 2.05) is 30.3 Å². The molecule has 0 fully saturated rings. The van der Waals surface area contributed by atoms with Gasteiger partial charge in [-0.1, -0.05) is 0 Å². The molecule has 4 heteroatoms. The lowest BCUT2D eigenvalue weighted by Crippen LogP contribution is -1.86. The van der Waals surface area contributed by atoms with Gasteiger partial charge in [0.25, 0.3) is 0 Å². The van der Waals surface area contributed by atoms with Gasteiger partial charge in [-0.05, 0) is 46.3 Å². The van der Waals surface area contributed by atoms with Crippen LogP contribution in [0.2, 0.25) is 0 Å². The molecule has 0 N–H and O–H groups in total. The fourth-order valence-corrected chi connectivity index (χ4v) is 1.57. The summed E-state index contributed by atoms with van der Waals surface area (Å²) in [4.78, 5) is 4.02. The molecule has 0 radical (unpaired) electrons. The number of benzene rings is 1. The van der Waals surface area contributed by atoms with Crippen molar-refractivity contribution in [1.82, 2.24) is 4.98 Å². The van der Waals surface area contributed by atoms with Gasteiger partial charge in [-0.2, -0.15) is 0 Å². The van der Waals surface area contributed by atoms with Crippen molar-refractivity contribution in [3.63, 3.8) is 0 Å². The van der Waals surface area contributed by atoms with Crippen molar-refractivity contribution >= 4 is 15.9 Å². The van der Waals surface area contributed by atoms with E-state index >= 15 is 0 Å². The fourth-order valence-electron chi connectivity index (χ4n) is 1.23. The van der Waals surface area contributed by atoms with Crippen LogP contribution in [0.15, 0.2) is 47.2 Å². The Balaban J connectivity index is 2.14. The topological polar surface area (TPSA) is 31.4 Å². The summed E-state index contributed by atoms with van der Waals surface area (Å²) < 4.78 is 11.6. The van der Waals surface area contributed by atoms with Crippen LogP contribution in [0.25, 0.3) is 0 Å². The van der Waals surface area contributed by atoms with Crippen molar-refractivity contribution in [2.45, 2.75) is 0 Å². The van der Waals surface area contributed by atoms with Gasteiger partial charge in [0, 0.05) is 10.7 Å². The quantitative estimate of drug-likeness (QED) is 0.860. The van der Waals surface area contributed by atoms with Crippen LogP contribution >= 0.6 is 15.9 Å². The van der Waals surface area contributed by atoms with E-state index in [0.29, 0.717) is 5.75 Å². The summed E-state index contributed by atoms with van der Waals surface area (Å²) in [5, 5.41) is 0. The van der Waals surface area contributed by atoms with Gasteiger partial charge in [0.05, 0.1) is 13.3 Å². The van der Waals surface area contributed by atoms with E-state index in [1.54, 1.807) is 19.5 Å². The average Bonchev–Trinajstić information content (AvgIpc) is 2.30. The van der Waals surface area contributed by atoms with E-state index in [4.69, 9.17) is 9.47 Å². The third-order valence-electron chi connectivity index (χ3n) is 1.97. The van der Waals surface area contributed by atoms with Gasteiger partial charge in [0.1, 0.15) is 17.2 Å². The van der Waals surface area contributed by atoms with Gasteiger partial charge in [-0.3, -0.25) is 4.98 Å². The lowest BCUT2D eigenvalue weighted by molar-refractivity contribution is 0.412. The minimum Gasteiger partial charge on any atom is -0.497 e. The Kier molecular flexibility index (Phi) is 3.41. The Hall–Kier alpha value is -1.55. The number of hydrogen-bond acceptors (Lipinski definition) is 3. The van der Waals surface area contributed by atoms with E-state index < -0.39 is 0 Å². The molecule has 0 amide bonds. The molecule has 2 rings (SSSR count). The molecule has 1 aromatic heterocycles. The van der Waals surface area contributed by atoms with Gasteiger partial charge < -0.3 is 9.47 Å². The monoisotopic (exact) mass is 279 g/mol. The second-order valence-corrected chi connectivity index (χ2v) is 4.03. The lowest BCUT2D eigenvalue weighted by Gasteiger charge is -2.06. The lowest BCUT2D eigenvalue weighted by atomic mass is 10.3. The number of hydrogen-bond donors (Lipinski definition) is 0. The summed E-state index contributed by atoms with van der Waals surface area (Å²) in [5.41, 5.74) is 0. The molecule has 0 atom stereocenters. The highest BCUT2D eigenvalue weighted by Gasteiger charge is 1.99. The van der Waals surface area contributed by atoms with Gasteiger partial charge in [-0.15, -0.1) is 0 Å². The molecule has 0 aliphatic rings. The second-order valence-electron chi connectivity index (χ2n) is 3.12. The van der Waals surface area contributed by atoms with Crippen LogP contribution in [0.4, 0.5) is 0 Å². The normalized spacial score (nSPS) is 9.88. The van der Waals surface area contributed by atoms with Gasteiger partial charge in [0.2, 0.25) is 0 Å². The molecule has 0 saturated heterocycles. The highest BCUT2D eigenvalue weighted by atomic mass is 79.9. The number of aromatic nitrogens is 1. The first-order valence-corrected chi connectivity index (χ1v) is 5.50. The van der Waals surface area contributed by atoms with Crippen LogP contribution in [0.5, 0.6) is 17.2 Å². The summed E-state index contributed by atoms with van der Waals surface area (Å²) in [6, 6.07) is 9.25. The maximum Gasteiger partial charge on any atom is 0.146 e. The van der Waals surface area contributed by atoms with Crippen LogP contribution in [0.1, 0.15) is 0 Å². The van der Waals surface area contributed by atoms with E-state index in [2.05, 4.69) is 20.9 Å². The fraction of sp³-hybridized carbons (Fsp3) is 0.0833. The smallest absolute Gasteiger partial charge is 0.146 e. The largest absolute Gasteiger partial charge is 0.497 e. The number of ether oxygens (including phenoxy) is 2. The highest BCUT2D eigenvalue weighted by Crippen LogP contribution is 2.24. The van der Waals surface area contributed by atoms with Crippen LogP contribution in [0, 0.1) is 0 Å². The molecule has 0 saturated carbocycles. The molecule has 1 aromatic carbocycles. The Morgan fingerprint density at radius 1 is 1.00 bits per heavy atom. The highest BCUT2D eigenvalue weighted by molar-refractivity contribution is 9.10. The maximum absolute atomic E-state index is 5.61. The summed E-state index contributed by atoms with van der Waals surface area (Å²) >= 11 is 3.34. The van der Waals surface area contributed by atoms with Crippen molar-refractivity contribution in [3.8, 4) is 17.2 Å². The zero-order valence-corrected chi connectivity index (χ0v) is 10.3. The third-order valence-corrected chi connectivity index (χ3v) is 2.41. The molecule has 3 nitrogen and oxygen atoms in total. The van der Waals surface area contributed by atoms with Crippen LogP contribution in [-0.2, 0) is 0 Å². The first-order chi connectivity index (χ1) is 7.78. The van der Waals surface area contributed by atoms with Gasteiger partial charge in [-0.25, -0.2) is 0 Å². The zero-order chi connectivity index (χ0) is 11.4. The first kappa shape index (κ1) is 11.0. The standard InChI is InChI=1S/C12H10BrNO2/c1-15-10-2-4-11(5-3-10)16-12-6-9(13)7-14-8-12/h2-8H,1H3. The number of nitrogens with zero attached hydrogens (tertiary/aromatic N) is 1. The molecular formula is C12H10BrNO2. The molecule has 0 bridgehead atoms. The van der Waals surface area contributed by atoms with E-state index in [0.717, 1.165) is 16.0 Å². The van der Waals surface area contributed by atoms with Crippen molar-refractivity contribution < 1.29 is 9.47 Å². The summed E-state index contributed by atoms with van der Waals surface area (Å²) in [6.07, 6.45) is 3.37. The Labute approximate surface area is 102 Å². The van der Waals surface area contributed by atoms with Crippen molar-refractivity contribution in [1.29, 1.82) is 0 Å². The molecule has 16 heavy (non-hydrogen) atoms. The maximum atomic E-state index is 5.61. The Bertz CT molecular complexity index is 471. The molecule has 0 spiro atoms. The van der Waals surface area contributed by atoms with E-state index in [9.17, 15) is 0 Å². The zero-order valence-electron chi connectivity index (χ0n) is 8.68. The van der Waals surface area contributed by atoms with Crippen LogP contribution in [-0.4, -0.2) is 12.1 Å². The second kappa shape index (κ2) is 4.99. The van der Waals surface area contributed by atoms with Crippen LogP contribution in [0.3, 0.4) is 0 Å². The van der Waals surface area contributed by atoms with E-state index in [-0.39, 0.29) is 0 Å². The summed E-state index contributed by atoms with van der Waals surface area (Å²) in [5.74, 6) is 2.25. The van der Waals surface area contributed by atoms with Gasteiger partial charge >= 0.3 is 0 Å². The molecular weight excluding hydrogens is 270 g/mol. The molecule has 82 valence electrons. The average molecular weight is 280 g/mol. The van der Waals surface area contributed by atoms with Crippen LogP contribution < -0.4 is 9.47 Å². The first-order valence-electron chi connectivity index (χ1n) is 4.70. The number of halogens is 1. The van der Waals surface area contributed by atoms with E-state index in [1.165, 1.54) is 0 Å². The molecule has 1 heterocycles. The number of rotatable bonds is 3. The minimum atomic E-state index is 0.694. The number of pyridine rings is 1. The van der Waals surface area contributed by atoms with Crippen molar-refractivity contribution in [2.24, 2.45) is 0 Å². The summed E-state index contributed by atoms with van der Waals surface area (Å²) in [7, 11) is 1.63. The van der Waals surface area contributed by atoms with Gasteiger partial charge in [0.15, 0.2) is 0 Å².